The van der Waals surface area contributed by atoms with E-state index in [4.69, 9.17) is 15.1 Å². The maximum Gasteiger partial charge on any atom is 0.172 e. The average molecular weight is 377 g/mol. The second-order valence-corrected chi connectivity index (χ2v) is 8.92. The van der Waals surface area contributed by atoms with Crippen LogP contribution in [0, 0.1) is 0 Å². The highest BCUT2D eigenvalue weighted by atomic mass is 15.3. The monoisotopic (exact) mass is 376 g/mol. The van der Waals surface area contributed by atoms with Gasteiger partial charge in [-0.3, -0.25) is 4.68 Å². The van der Waals surface area contributed by atoms with Crippen LogP contribution in [0.4, 0.5) is 11.6 Å². The number of hydrogen-bond acceptors (Lipinski definition) is 5. The van der Waals surface area contributed by atoms with E-state index < -0.39 is 0 Å². The number of nitrogens with zero attached hydrogens (tertiary/aromatic N) is 6. The zero-order valence-electron chi connectivity index (χ0n) is 17.0. The number of fused-ring (bicyclic) bond motifs is 2. The lowest BCUT2D eigenvalue weighted by atomic mass is 10.0. The van der Waals surface area contributed by atoms with E-state index in [1.54, 1.807) is 0 Å². The van der Waals surface area contributed by atoms with Crippen LogP contribution in [0.5, 0.6) is 0 Å². The lowest BCUT2D eigenvalue weighted by Gasteiger charge is -2.33. The lowest BCUT2D eigenvalue weighted by molar-refractivity contribution is 0.341. The minimum atomic E-state index is 0.0131. The minimum Gasteiger partial charge on any atom is -0.354 e. The normalized spacial score (nSPS) is 17.4. The molecule has 0 amide bonds. The van der Waals surface area contributed by atoms with Crippen molar-refractivity contribution in [1.82, 2.24) is 19.7 Å². The van der Waals surface area contributed by atoms with Gasteiger partial charge >= 0.3 is 0 Å². The van der Waals surface area contributed by atoms with Crippen LogP contribution < -0.4 is 9.80 Å². The number of benzene rings is 1. The Balaban J connectivity index is 1.55. The third-order valence-electron chi connectivity index (χ3n) is 5.81. The first-order chi connectivity index (χ1) is 13.5. The summed E-state index contributed by atoms with van der Waals surface area (Å²) < 4.78 is 2.19. The molecule has 1 fully saturated rings. The molecule has 5 rings (SSSR count). The zero-order chi connectivity index (χ0) is 19.3. The molecule has 0 saturated carbocycles. The van der Waals surface area contributed by atoms with E-state index in [9.17, 15) is 0 Å². The molecule has 0 radical (unpaired) electrons. The Bertz CT molecular complexity index is 1010. The largest absolute Gasteiger partial charge is 0.354 e. The van der Waals surface area contributed by atoms with Crippen LogP contribution in [0.1, 0.15) is 44.9 Å². The van der Waals surface area contributed by atoms with Crippen molar-refractivity contribution in [2.75, 3.05) is 29.4 Å². The number of rotatable bonds is 2. The van der Waals surface area contributed by atoms with E-state index in [1.807, 2.05) is 18.3 Å². The van der Waals surface area contributed by atoms with Gasteiger partial charge in [0.2, 0.25) is 0 Å². The summed E-state index contributed by atoms with van der Waals surface area (Å²) in [4.78, 5) is 14.9. The fourth-order valence-corrected chi connectivity index (χ4v) is 4.43. The Hall–Kier alpha value is -2.63. The van der Waals surface area contributed by atoms with Crippen LogP contribution in [0.15, 0.2) is 30.5 Å². The molecule has 2 aromatic heterocycles. The summed E-state index contributed by atoms with van der Waals surface area (Å²) in [7, 11) is 0. The van der Waals surface area contributed by atoms with Crippen LogP contribution in [0.2, 0.25) is 0 Å². The SMILES string of the molecule is CC(C)(C)n1ncc2c1CCN(c1nc3ccccc3nc1N1CCCC1)C2. The van der Waals surface area contributed by atoms with Gasteiger partial charge in [0.1, 0.15) is 0 Å². The van der Waals surface area contributed by atoms with Crippen LogP contribution in [-0.2, 0) is 18.5 Å². The molecule has 0 atom stereocenters. The Kier molecular flexibility index (Phi) is 4.03. The summed E-state index contributed by atoms with van der Waals surface area (Å²) in [5.74, 6) is 2.07. The summed E-state index contributed by atoms with van der Waals surface area (Å²) >= 11 is 0. The molecule has 28 heavy (non-hydrogen) atoms. The van der Waals surface area contributed by atoms with E-state index in [0.717, 1.165) is 55.3 Å². The van der Waals surface area contributed by atoms with Crippen molar-refractivity contribution in [1.29, 1.82) is 0 Å². The number of aromatic nitrogens is 4. The van der Waals surface area contributed by atoms with Gasteiger partial charge in [0.15, 0.2) is 11.6 Å². The highest BCUT2D eigenvalue weighted by Gasteiger charge is 2.29. The standard InChI is InChI=1S/C22H28N6/c1-22(2,3)28-19-10-13-27(15-16(19)14-23-28)21-20(26-11-6-7-12-26)24-17-8-4-5-9-18(17)25-21/h4-5,8-9,14H,6-7,10-13,15H2,1-3H3. The van der Waals surface area contributed by atoms with Gasteiger partial charge in [-0.2, -0.15) is 5.10 Å². The van der Waals surface area contributed by atoms with Crippen molar-refractivity contribution in [2.45, 2.75) is 52.1 Å². The Morgan fingerprint density at radius 3 is 2.14 bits per heavy atom. The second-order valence-electron chi connectivity index (χ2n) is 8.92. The van der Waals surface area contributed by atoms with E-state index in [0.29, 0.717) is 0 Å². The maximum absolute atomic E-state index is 5.07. The van der Waals surface area contributed by atoms with Crippen molar-refractivity contribution in [2.24, 2.45) is 0 Å². The van der Waals surface area contributed by atoms with Crippen LogP contribution >= 0.6 is 0 Å². The summed E-state index contributed by atoms with van der Waals surface area (Å²) in [6, 6.07) is 8.20. The van der Waals surface area contributed by atoms with E-state index in [-0.39, 0.29) is 5.54 Å². The van der Waals surface area contributed by atoms with Crippen molar-refractivity contribution in [3.63, 3.8) is 0 Å². The van der Waals surface area contributed by atoms with Gasteiger partial charge in [0.25, 0.3) is 0 Å². The van der Waals surface area contributed by atoms with Crippen molar-refractivity contribution in [3.05, 3.63) is 41.7 Å². The fourth-order valence-electron chi connectivity index (χ4n) is 4.43. The topological polar surface area (TPSA) is 50.1 Å². The molecule has 1 saturated heterocycles. The average Bonchev–Trinajstić information content (AvgIpc) is 3.35. The Morgan fingerprint density at radius 1 is 0.857 bits per heavy atom. The van der Waals surface area contributed by atoms with Gasteiger partial charge in [-0.25, -0.2) is 9.97 Å². The summed E-state index contributed by atoms with van der Waals surface area (Å²) in [6.07, 6.45) is 5.49. The fraction of sp³-hybridized carbons (Fsp3) is 0.500. The second kappa shape index (κ2) is 6.47. The first kappa shape index (κ1) is 17.5. The molecule has 2 aliphatic rings. The van der Waals surface area contributed by atoms with Gasteiger partial charge in [0, 0.05) is 43.9 Å². The number of para-hydroxylation sites is 2. The van der Waals surface area contributed by atoms with Gasteiger partial charge in [-0.05, 0) is 45.7 Å². The summed E-state index contributed by atoms with van der Waals surface area (Å²) in [6.45, 7) is 10.6. The van der Waals surface area contributed by atoms with E-state index in [1.165, 1.54) is 24.1 Å². The molecule has 0 aliphatic carbocycles. The first-order valence-electron chi connectivity index (χ1n) is 10.3. The predicted octanol–water partition coefficient (Wildman–Crippen LogP) is 3.74. The molecule has 0 bridgehead atoms. The molecule has 2 aliphatic heterocycles. The third kappa shape index (κ3) is 2.91. The lowest BCUT2D eigenvalue weighted by Crippen LogP contribution is -2.35. The molecule has 4 heterocycles. The van der Waals surface area contributed by atoms with Crippen molar-refractivity contribution in [3.8, 4) is 0 Å². The molecule has 3 aromatic rings. The third-order valence-corrected chi connectivity index (χ3v) is 5.81. The first-order valence-corrected chi connectivity index (χ1v) is 10.3. The molecular formula is C22H28N6. The molecular weight excluding hydrogens is 348 g/mol. The van der Waals surface area contributed by atoms with Gasteiger partial charge in [-0.1, -0.05) is 12.1 Å². The minimum absolute atomic E-state index is 0.0131. The molecule has 1 aromatic carbocycles. The van der Waals surface area contributed by atoms with Crippen molar-refractivity contribution >= 4 is 22.7 Å². The van der Waals surface area contributed by atoms with Gasteiger partial charge < -0.3 is 9.80 Å². The van der Waals surface area contributed by atoms with E-state index in [2.05, 4.69) is 47.4 Å². The molecule has 6 heteroatoms. The maximum atomic E-state index is 5.07. The number of hydrogen-bond donors (Lipinski definition) is 0. The van der Waals surface area contributed by atoms with Gasteiger partial charge in [0.05, 0.1) is 22.8 Å². The summed E-state index contributed by atoms with van der Waals surface area (Å²) in [5.41, 5.74) is 4.63. The highest BCUT2D eigenvalue weighted by Crippen LogP contribution is 2.34. The smallest absolute Gasteiger partial charge is 0.172 e. The van der Waals surface area contributed by atoms with Crippen LogP contribution in [0.25, 0.3) is 11.0 Å². The molecule has 6 nitrogen and oxygen atoms in total. The highest BCUT2D eigenvalue weighted by molar-refractivity contribution is 5.81. The molecule has 146 valence electrons. The van der Waals surface area contributed by atoms with Crippen LogP contribution in [-0.4, -0.2) is 39.4 Å². The Labute approximate surface area is 166 Å². The Morgan fingerprint density at radius 2 is 1.50 bits per heavy atom. The zero-order valence-corrected chi connectivity index (χ0v) is 17.0. The predicted molar refractivity (Wildman–Crippen MR) is 113 cm³/mol. The van der Waals surface area contributed by atoms with Gasteiger partial charge in [-0.15, -0.1) is 0 Å². The molecule has 0 N–H and O–H groups in total. The van der Waals surface area contributed by atoms with E-state index >= 15 is 0 Å². The van der Waals surface area contributed by atoms with Crippen LogP contribution in [0.3, 0.4) is 0 Å². The van der Waals surface area contributed by atoms with Crippen molar-refractivity contribution < 1.29 is 0 Å². The quantitative estimate of drug-likeness (QED) is 0.682. The molecule has 0 spiro atoms. The summed E-state index contributed by atoms with van der Waals surface area (Å²) in [5, 5.41) is 4.69. The number of anilines is 2. The molecule has 0 unspecified atom stereocenters.